The highest BCUT2D eigenvalue weighted by molar-refractivity contribution is 5.92. The van der Waals surface area contributed by atoms with Gasteiger partial charge in [-0.25, -0.2) is 0 Å². The first-order valence-corrected chi connectivity index (χ1v) is 5.82. The molecule has 5 nitrogen and oxygen atoms in total. The Morgan fingerprint density at radius 3 is 3.12 bits per heavy atom. The highest BCUT2D eigenvalue weighted by atomic mass is 16.5. The van der Waals surface area contributed by atoms with E-state index in [1.807, 2.05) is 14.0 Å². The lowest BCUT2D eigenvalue weighted by Gasteiger charge is -2.32. The summed E-state index contributed by atoms with van der Waals surface area (Å²) in [6.45, 7) is 4.44. The summed E-state index contributed by atoms with van der Waals surface area (Å²) in [5, 5.41) is 3.06. The van der Waals surface area contributed by atoms with Crippen LogP contribution >= 0.6 is 0 Å². The molecule has 17 heavy (non-hydrogen) atoms. The zero-order chi connectivity index (χ0) is 12.3. The van der Waals surface area contributed by atoms with Crippen LogP contribution in [0.3, 0.4) is 0 Å². The van der Waals surface area contributed by atoms with Gasteiger partial charge in [0.05, 0.1) is 19.0 Å². The predicted octanol–water partition coefficient (Wildman–Crippen LogP) is 0.648. The Labute approximate surface area is 101 Å². The topological polar surface area (TPSA) is 54.7 Å². The number of hydrogen-bond donors (Lipinski definition) is 1. The van der Waals surface area contributed by atoms with Gasteiger partial charge in [0.2, 0.25) is 0 Å². The number of nitrogens with zero attached hydrogens (tertiary/aromatic N) is 1. The molecule has 1 aliphatic rings. The molecule has 1 fully saturated rings. The Morgan fingerprint density at radius 2 is 2.47 bits per heavy atom. The number of carbonyl (C=O) groups excluding carboxylic acids is 1. The van der Waals surface area contributed by atoms with Crippen LogP contribution in [0.5, 0.6) is 0 Å². The average molecular weight is 238 g/mol. The maximum Gasteiger partial charge on any atom is 0.289 e. The van der Waals surface area contributed by atoms with Crippen molar-refractivity contribution < 1.29 is 13.9 Å². The van der Waals surface area contributed by atoms with Crippen LogP contribution in [0.2, 0.25) is 0 Å². The van der Waals surface area contributed by atoms with Gasteiger partial charge in [0.25, 0.3) is 5.91 Å². The molecular formula is C12H18N2O3. The van der Waals surface area contributed by atoms with Crippen LogP contribution < -0.4 is 5.32 Å². The van der Waals surface area contributed by atoms with Gasteiger partial charge in [-0.2, -0.15) is 0 Å². The molecule has 0 spiro atoms. The molecule has 1 aromatic heterocycles. The van der Waals surface area contributed by atoms with Gasteiger partial charge in [0.15, 0.2) is 5.76 Å². The van der Waals surface area contributed by atoms with Crippen molar-refractivity contribution in [3.05, 3.63) is 23.7 Å². The van der Waals surface area contributed by atoms with Crippen LogP contribution in [0, 0.1) is 6.92 Å². The van der Waals surface area contributed by atoms with Gasteiger partial charge in [-0.3, -0.25) is 4.79 Å². The number of likely N-dealkylation sites (N-methyl/N-ethyl adjacent to an activating group) is 1. The average Bonchev–Trinajstić information content (AvgIpc) is 2.75. The lowest BCUT2D eigenvalue weighted by molar-refractivity contribution is -0.0206. The molecule has 1 atom stereocenters. The summed E-state index contributed by atoms with van der Waals surface area (Å²) < 4.78 is 10.8. The van der Waals surface area contributed by atoms with Crippen LogP contribution in [-0.4, -0.2) is 50.2 Å². The van der Waals surface area contributed by atoms with Crippen LogP contribution in [0.15, 0.2) is 16.7 Å². The van der Waals surface area contributed by atoms with Gasteiger partial charge in [-0.05, 0) is 20.0 Å². The maximum absolute atomic E-state index is 12.2. The third-order valence-corrected chi connectivity index (χ3v) is 2.91. The fourth-order valence-corrected chi connectivity index (χ4v) is 1.99. The zero-order valence-corrected chi connectivity index (χ0v) is 10.2. The van der Waals surface area contributed by atoms with E-state index in [0.717, 1.165) is 12.1 Å². The van der Waals surface area contributed by atoms with E-state index in [0.29, 0.717) is 25.5 Å². The minimum Gasteiger partial charge on any atom is -0.459 e. The Morgan fingerprint density at radius 1 is 1.65 bits per heavy atom. The van der Waals surface area contributed by atoms with Crippen LogP contribution in [0.1, 0.15) is 16.1 Å². The van der Waals surface area contributed by atoms with Gasteiger partial charge in [0, 0.05) is 25.2 Å². The van der Waals surface area contributed by atoms with Gasteiger partial charge < -0.3 is 19.4 Å². The number of rotatable bonds is 3. The number of hydrogen-bond acceptors (Lipinski definition) is 4. The molecule has 1 aliphatic heterocycles. The van der Waals surface area contributed by atoms with Gasteiger partial charge >= 0.3 is 0 Å². The summed E-state index contributed by atoms with van der Waals surface area (Å²) in [6.07, 6.45) is 1.61. The van der Waals surface area contributed by atoms with E-state index in [-0.39, 0.29) is 12.0 Å². The standard InChI is InChI=1S/C12H18N2O3/c1-9-3-5-17-11(9)12(15)14-4-6-16-10(8-14)7-13-2/h3,5,10,13H,4,6-8H2,1-2H3. The summed E-state index contributed by atoms with van der Waals surface area (Å²) in [4.78, 5) is 14.0. The molecule has 5 heteroatoms. The molecule has 0 aromatic carbocycles. The van der Waals surface area contributed by atoms with Crippen LogP contribution in [0.25, 0.3) is 0 Å². The second kappa shape index (κ2) is 5.33. The summed E-state index contributed by atoms with van der Waals surface area (Å²) in [5.74, 6) is 0.395. The summed E-state index contributed by atoms with van der Waals surface area (Å²) >= 11 is 0. The Kier molecular flexibility index (Phi) is 3.81. The van der Waals surface area contributed by atoms with Crippen molar-refractivity contribution in [1.82, 2.24) is 10.2 Å². The van der Waals surface area contributed by atoms with E-state index in [4.69, 9.17) is 9.15 Å². The minimum absolute atomic E-state index is 0.0445. The molecule has 0 bridgehead atoms. The van der Waals surface area contributed by atoms with E-state index in [1.165, 1.54) is 0 Å². The summed E-state index contributed by atoms with van der Waals surface area (Å²) in [7, 11) is 1.88. The Balaban J connectivity index is 2.02. The number of carbonyl (C=O) groups is 1. The largest absolute Gasteiger partial charge is 0.459 e. The monoisotopic (exact) mass is 238 g/mol. The van der Waals surface area contributed by atoms with Crippen molar-refractivity contribution in [2.45, 2.75) is 13.0 Å². The molecule has 2 rings (SSSR count). The molecule has 1 unspecified atom stereocenters. The minimum atomic E-state index is -0.0445. The first-order chi connectivity index (χ1) is 8.22. The van der Waals surface area contributed by atoms with E-state index in [1.54, 1.807) is 17.2 Å². The summed E-state index contributed by atoms with van der Waals surface area (Å²) in [6, 6.07) is 1.80. The highest BCUT2D eigenvalue weighted by Crippen LogP contribution is 2.14. The fraction of sp³-hybridized carbons (Fsp3) is 0.583. The van der Waals surface area contributed by atoms with Crippen molar-refractivity contribution in [3.8, 4) is 0 Å². The van der Waals surface area contributed by atoms with Crippen LogP contribution in [0.4, 0.5) is 0 Å². The van der Waals surface area contributed by atoms with Gasteiger partial charge in [0.1, 0.15) is 0 Å². The third-order valence-electron chi connectivity index (χ3n) is 2.91. The highest BCUT2D eigenvalue weighted by Gasteiger charge is 2.26. The number of aryl methyl sites for hydroxylation is 1. The van der Waals surface area contributed by atoms with Crippen molar-refractivity contribution in [2.75, 3.05) is 33.3 Å². The fourth-order valence-electron chi connectivity index (χ4n) is 1.99. The van der Waals surface area contributed by atoms with Crippen LogP contribution in [-0.2, 0) is 4.74 Å². The number of furan rings is 1. The molecule has 1 aromatic rings. The number of amides is 1. The van der Waals surface area contributed by atoms with Crippen molar-refractivity contribution >= 4 is 5.91 Å². The van der Waals surface area contributed by atoms with Crippen molar-refractivity contribution in [3.63, 3.8) is 0 Å². The van der Waals surface area contributed by atoms with E-state index < -0.39 is 0 Å². The smallest absolute Gasteiger partial charge is 0.289 e. The summed E-state index contributed by atoms with van der Waals surface area (Å²) in [5.41, 5.74) is 0.881. The molecule has 1 saturated heterocycles. The lowest BCUT2D eigenvalue weighted by atomic mass is 10.2. The Bertz CT molecular complexity index is 387. The molecule has 1 amide bonds. The molecule has 2 heterocycles. The molecule has 0 radical (unpaired) electrons. The third kappa shape index (κ3) is 2.68. The molecule has 94 valence electrons. The first-order valence-electron chi connectivity index (χ1n) is 5.82. The predicted molar refractivity (Wildman–Crippen MR) is 63.0 cm³/mol. The second-order valence-electron chi connectivity index (χ2n) is 4.23. The number of morpholine rings is 1. The first kappa shape index (κ1) is 12.1. The SMILES string of the molecule is CNCC1CN(C(=O)c2occc2C)CCO1. The van der Waals surface area contributed by atoms with Crippen molar-refractivity contribution in [1.29, 1.82) is 0 Å². The normalized spacial score (nSPS) is 20.6. The molecule has 1 N–H and O–H groups in total. The van der Waals surface area contributed by atoms with Gasteiger partial charge in [-0.1, -0.05) is 0 Å². The molecule has 0 aliphatic carbocycles. The van der Waals surface area contributed by atoms with Gasteiger partial charge in [-0.15, -0.1) is 0 Å². The zero-order valence-electron chi connectivity index (χ0n) is 10.2. The van der Waals surface area contributed by atoms with E-state index in [2.05, 4.69) is 5.32 Å². The Hall–Kier alpha value is -1.33. The quantitative estimate of drug-likeness (QED) is 0.840. The van der Waals surface area contributed by atoms with Crippen molar-refractivity contribution in [2.24, 2.45) is 0 Å². The number of ether oxygens (including phenoxy) is 1. The molecule has 0 saturated carbocycles. The number of nitrogens with one attached hydrogen (secondary N) is 1. The lowest BCUT2D eigenvalue weighted by Crippen LogP contribution is -2.48. The van der Waals surface area contributed by atoms with E-state index >= 15 is 0 Å². The van der Waals surface area contributed by atoms with E-state index in [9.17, 15) is 4.79 Å². The molecular weight excluding hydrogens is 220 g/mol. The maximum atomic E-state index is 12.2. The second-order valence-corrected chi connectivity index (χ2v) is 4.23.